The molecule has 0 spiro atoms. The van der Waals surface area contributed by atoms with Crippen LogP contribution in [-0.4, -0.2) is 38.1 Å². The number of halogens is 2. The molecule has 3 rings (SSSR count). The van der Waals surface area contributed by atoms with Crippen LogP contribution >= 0.6 is 23.2 Å². The van der Waals surface area contributed by atoms with Gasteiger partial charge in [0.2, 0.25) is 5.91 Å². The molecule has 28 heavy (non-hydrogen) atoms. The molecule has 7 heteroatoms. The van der Waals surface area contributed by atoms with Crippen molar-refractivity contribution in [3.05, 3.63) is 52.0 Å². The fourth-order valence-corrected chi connectivity index (χ4v) is 3.97. The maximum atomic E-state index is 12.8. The fourth-order valence-electron chi connectivity index (χ4n) is 3.46. The van der Waals surface area contributed by atoms with E-state index in [2.05, 4.69) is 10.2 Å². The third-order valence-corrected chi connectivity index (χ3v) is 5.69. The van der Waals surface area contributed by atoms with E-state index >= 15 is 0 Å². The Labute approximate surface area is 175 Å². The summed E-state index contributed by atoms with van der Waals surface area (Å²) in [6.45, 7) is 2.21. The monoisotopic (exact) mass is 422 g/mol. The van der Waals surface area contributed by atoms with Gasteiger partial charge in [0.05, 0.1) is 25.8 Å². The molecule has 1 saturated heterocycles. The highest BCUT2D eigenvalue weighted by molar-refractivity contribution is 6.35. The molecule has 2 aromatic carbocycles. The van der Waals surface area contributed by atoms with Crippen molar-refractivity contribution < 1.29 is 14.3 Å². The van der Waals surface area contributed by atoms with E-state index in [4.69, 9.17) is 32.7 Å². The van der Waals surface area contributed by atoms with E-state index in [0.717, 1.165) is 24.9 Å². The van der Waals surface area contributed by atoms with Crippen molar-refractivity contribution in [3.63, 3.8) is 0 Å². The Morgan fingerprint density at radius 3 is 2.61 bits per heavy atom. The second-order valence-corrected chi connectivity index (χ2v) is 7.64. The van der Waals surface area contributed by atoms with Crippen molar-refractivity contribution in [3.8, 4) is 11.5 Å². The maximum absolute atomic E-state index is 12.8. The number of rotatable bonds is 6. The van der Waals surface area contributed by atoms with Crippen molar-refractivity contribution in [1.82, 2.24) is 4.90 Å². The van der Waals surface area contributed by atoms with Crippen molar-refractivity contribution >= 4 is 34.8 Å². The molecule has 0 aliphatic carbocycles. The van der Waals surface area contributed by atoms with Crippen LogP contribution in [0.3, 0.4) is 0 Å². The van der Waals surface area contributed by atoms with Crippen LogP contribution in [-0.2, 0) is 11.3 Å². The quantitative estimate of drug-likeness (QED) is 0.721. The molecule has 1 N–H and O–H groups in total. The smallest absolute Gasteiger partial charge is 0.228 e. The summed E-state index contributed by atoms with van der Waals surface area (Å²) < 4.78 is 10.6. The van der Waals surface area contributed by atoms with Gasteiger partial charge in [-0.05, 0) is 43.7 Å². The highest BCUT2D eigenvalue weighted by Gasteiger charge is 2.27. The van der Waals surface area contributed by atoms with Crippen molar-refractivity contribution in [1.29, 1.82) is 0 Å². The number of amides is 1. The summed E-state index contributed by atoms with van der Waals surface area (Å²) in [5.74, 6) is 1.12. The van der Waals surface area contributed by atoms with Crippen LogP contribution in [0.15, 0.2) is 36.4 Å². The van der Waals surface area contributed by atoms with Gasteiger partial charge < -0.3 is 14.8 Å². The lowest BCUT2D eigenvalue weighted by Crippen LogP contribution is -2.40. The second kappa shape index (κ2) is 9.50. The zero-order valence-corrected chi connectivity index (χ0v) is 17.5. The summed E-state index contributed by atoms with van der Waals surface area (Å²) in [5, 5.41) is 4.30. The number of likely N-dealkylation sites (tertiary alicyclic amines) is 1. The van der Waals surface area contributed by atoms with Gasteiger partial charge in [-0.2, -0.15) is 0 Å². The largest absolute Gasteiger partial charge is 0.497 e. The summed E-state index contributed by atoms with van der Waals surface area (Å²) in [7, 11) is 3.16. The van der Waals surface area contributed by atoms with Gasteiger partial charge in [0.1, 0.15) is 11.5 Å². The Kier molecular flexibility index (Phi) is 7.05. The lowest BCUT2D eigenvalue weighted by Gasteiger charge is -2.32. The number of ether oxygens (including phenoxy) is 2. The Morgan fingerprint density at radius 2 is 1.93 bits per heavy atom. The zero-order valence-electron chi connectivity index (χ0n) is 16.0. The first-order chi connectivity index (χ1) is 13.5. The van der Waals surface area contributed by atoms with Crippen LogP contribution in [0.1, 0.15) is 18.4 Å². The molecule has 1 fully saturated rings. The van der Waals surface area contributed by atoms with E-state index in [0.29, 0.717) is 40.3 Å². The van der Waals surface area contributed by atoms with Gasteiger partial charge in [-0.1, -0.05) is 29.3 Å². The van der Waals surface area contributed by atoms with E-state index in [1.54, 1.807) is 32.4 Å². The molecule has 150 valence electrons. The van der Waals surface area contributed by atoms with Crippen molar-refractivity contribution in [2.45, 2.75) is 19.4 Å². The Hall–Kier alpha value is -1.95. The van der Waals surface area contributed by atoms with Crippen molar-refractivity contribution in [2.24, 2.45) is 5.92 Å². The number of piperidine rings is 1. The van der Waals surface area contributed by atoms with Crippen LogP contribution in [0.25, 0.3) is 0 Å². The number of anilines is 1. The maximum Gasteiger partial charge on any atom is 0.228 e. The molecule has 0 bridgehead atoms. The summed E-state index contributed by atoms with van der Waals surface area (Å²) in [6.07, 6.45) is 1.79. The van der Waals surface area contributed by atoms with E-state index in [1.807, 2.05) is 18.2 Å². The number of methoxy groups -OCH3 is 2. The number of nitrogens with one attached hydrogen (secondary N) is 1. The van der Waals surface area contributed by atoms with Gasteiger partial charge in [-0.15, -0.1) is 0 Å². The summed E-state index contributed by atoms with van der Waals surface area (Å²) in [4.78, 5) is 15.1. The standard InChI is InChI=1S/C21H24Cl2N2O3/c1-27-15-8-9-19(20(11-15)28-2)24-21(26)14-5-4-10-25(12-14)13-16-17(22)6-3-7-18(16)23/h3,6-9,11,14H,4-5,10,12-13H2,1-2H3,(H,24,26)/t14-/m0/s1. The number of hydrogen-bond acceptors (Lipinski definition) is 4. The Balaban J connectivity index is 1.66. The third-order valence-electron chi connectivity index (χ3n) is 4.99. The molecule has 0 unspecified atom stereocenters. The van der Waals surface area contributed by atoms with E-state index < -0.39 is 0 Å². The van der Waals surface area contributed by atoms with Crippen LogP contribution in [0, 0.1) is 5.92 Å². The highest BCUT2D eigenvalue weighted by Crippen LogP contribution is 2.31. The molecular weight excluding hydrogens is 399 g/mol. The first-order valence-electron chi connectivity index (χ1n) is 9.20. The summed E-state index contributed by atoms with van der Waals surface area (Å²) >= 11 is 12.6. The lowest BCUT2D eigenvalue weighted by molar-refractivity contribution is -0.121. The number of carbonyl (C=O) groups is 1. The van der Waals surface area contributed by atoms with Crippen LogP contribution < -0.4 is 14.8 Å². The normalized spacial score (nSPS) is 17.2. The second-order valence-electron chi connectivity index (χ2n) is 6.83. The fraction of sp³-hybridized carbons (Fsp3) is 0.381. The molecule has 5 nitrogen and oxygen atoms in total. The summed E-state index contributed by atoms with van der Waals surface area (Å²) in [6, 6.07) is 10.9. The minimum Gasteiger partial charge on any atom is -0.497 e. The third kappa shape index (κ3) is 4.90. The van der Waals surface area contributed by atoms with E-state index in [1.165, 1.54) is 0 Å². The van der Waals surface area contributed by atoms with E-state index in [9.17, 15) is 4.79 Å². The molecule has 0 saturated carbocycles. The molecule has 1 heterocycles. The zero-order chi connectivity index (χ0) is 20.1. The first kappa shape index (κ1) is 20.8. The molecule has 1 aliphatic rings. The molecule has 0 aromatic heterocycles. The molecule has 2 aromatic rings. The molecule has 1 amide bonds. The average molecular weight is 423 g/mol. The average Bonchev–Trinajstić information content (AvgIpc) is 2.71. The van der Waals surface area contributed by atoms with Gasteiger partial charge in [-0.3, -0.25) is 9.69 Å². The Morgan fingerprint density at radius 1 is 1.18 bits per heavy atom. The SMILES string of the molecule is COc1ccc(NC(=O)[C@H]2CCCN(Cc3c(Cl)cccc3Cl)C2)c(OC)c1. The molecule has 1 atom stereocenters. The first-order valence-corrected chi connectivity index (χ1v) is 9.95. The van der Waals surface area contributed by atoms with Gasteiger partial charge >= 0.3 is 0 Å². The Bertz CT molecular complexity index is 824. The predicted molar refractivity (Wildman–Crippen MR) is 113 cm³/mol. The molecular formula is C21H24Cl2N2O3. The van der Waals surface area contributed by atoms with Crippen LogP contribution in [0.4, 0.5) is 5.69 Å². The summed E-state index contributed by atoms with van der Waals surface area (Å²) in [5.41, 5.74) is 1.54. The van der Waals surface area contributed by atoms with Crippen LogP contribution in [0.5, 0.6) is 11.5 Å². The lowest BCUT2D eigenvalue weighted by atomic mass is 9.96. The topological polar surface area (TPSA) is 50.8 Å². The number of benzene rings is 2. The number of nitrogens with zero attached hydrogens (tertiary/aromatic N) is 1. The minimum absolute atomic E-state index is 0.0153. The number of hydrogen-bond donors (Lipinski definition) is 1. The van der Waals surface area contributed by atoms with Gasteiger partial charge in [-0.25, -0.2) is 0 Å². The van der Waals surface area contributed by atoms with Gasteiger partial charge in [0.15, 0.2) is 0 Å². The highest BCUT2D eigenvalue weighted by atomic mass is 35.5. The molecule has 0 radical (unpaired) electrons. The van der Waals surface area contributed by atoms with Crippen molar-refractivity contribution in [2.75, 3.05) is 32.6 Å². The minimum atomic E-state index is -0.109. The van der Waals surface area contributed by atoms with Gasteiger partial charge in [0, 0.05) is 34.8 Å². The predicted octanol–water partition coefficient (Wildman–Crippen LogP) is 4.86. The molecule has 1 aliphatic heterocycles. The van der Waals surface area contributed by atoms with Crippen LogP contribution in [0.2, 0.25) is 10.0 Å². The van der Waals surface area contributed by atoms with Gasteiger partial charge in [0.25, 0.3) is 0 Å². The number of carbonyl (C=O) groups excluding carboxylic acids is 1. The van der Waals surface area contributed by atoms with E-state index in [-0.39, 0.29) is 11.8 Å².